The second-order valence-electron chi connectivity index (χ2n) is 5.12. The number of tetrazole rings is 1. The van der Waals surface area contributed by atoms with Gasteiger partial charge in [0, 0.05) is 12.6 Å². The third-order valence-corrected chi connectivity index (χ3v) is 4.54. The largest absolute Gasteiger partial charge is 0.355 e. The number of H-pyrrole nitrogens is 1. The lowest BCUT2D eigenvalue weighted by molar-refractivity contribution is 0.0963. The van der Waals surface area contributed by atoms with E-state index in [2.05, 4.69) is 25.9 Å². The number of carbonyl (C=O) groups is 1. The Morgan fingerprint density at radius 3 is 2.44 bits per heavy atom. The summed E-state index contributed by atoms with van der Waals surface area (Å²) >= 11 is 0. The Morgan fingerprint density at radius 2 is 1.88 bits per heavy atom. The molecule has 10 heteroatoms. The Balaban J connectivity index is 2.22. The van der Waals surface area contributed by atoms with Crippen LogP contribution in [0.2, 0.25) is 0 Å². The van der Waals surface area contributed by atoms with E-state index in [1.54, 1.807) is 43.4 Å². The molecule has 0 atom stereocenters. The molecule has 4 N–H and O–H groups in total. The smallest absolute Gasteiger partial charge is 0.251 e. The zero-order valence-corrected chi connectivity index (χ0v) is 13.9. The molecule has 9 nitrogen and oxygen atoms in total. The van der Waals surface area contributed by atoms with E-state index < -0.39 is 10.0 Å². The predicted molar refractivity (Wildman–Crippen MR) is 89.8 cm³/mol. The minimum absolute atomic E-state index is 0.106. The summed E-state index contributed by atoms with van der Waals surface area (Å²) < 4.78 is 23.9. The van der Waals surface area contributed by atoms with Crippen molar-refractivity contribution in [2.24, 2.45) is 5.14 Å². The van der Waals surface area contributed by atoms with Crippen molar-refractivity contribution in [3.05, 3.63) is 48.0 Å². The monoisotopic (exact) mass is 358 g/mol. The van der Waals surface area contributed by atoms with Crippen LogP contribution in [-0.4, -0.2) is 42.0 Å². The zero-order chi connectivity index (χ0) is 18.0. The maximum Gasteiger partial charge on any atom is 0.251 e. The number of sulfonamides is 1. The SMILES string of the molecule is CNC(=O)c1ccc(-c2cccc(S(N)(=O)=O)c2-c2nn[nH]n2)cc1. The first-order chi connectivity index (χ1) is 11.9. The van der Waals surface area contributed by atoms with Crippen molar-refractivity contribution in [2.75, 3.05) is 7.05 Å². The van der Waals surface area contributed by atoms with Crippen LogP contribution in [0.1, 0.15) is 10.4 Å². The molecule has 0 unspecified atom stereocenters. The number of nitrogens with zero attached hydrogens (tertiary/aromatic N) is 3. The summed E-state index contributed by atoms with van der Waals surface area (Å²) in [4.78, 5) is 11.6. The van der Waals surface area contributed by atoms with Gasteiger partial charge in [0.15, 0.2) is 0 Å². The van der Waals surface area contributed by atoms with Crippen molar-refractivity contribution in [1.82, 2.24) is 25.9 Å². The van der Waals surface area contributed by atoms with Gasteiger partial charge in [0.05, 0.1) is 10.5 Å². The van der Waals surface area contributed by atoms with Crippen LogP contribution < -0.4 is 10.5 Å². The number of nitrogens with one attached hydrogen (secondary N) is 2. The van der Waals surface area contributed by atoms with Crippen LogP contribution in [0.3, 0.4) is 0 Å². The number of nitrogens with two attached hydrogens (primary N) is 1. The van der Waals surface area contributed by atoms with E-state index in [1.807, 2.05) is 0 Å². The highest BCUT2D eigenvalue weighted by molar-refractivity contribution is 7.89. The van der Waals surface area contributed by atoms with Crippen molar-refractivity contribution in [3.63, 3.8) is 0 Å². The van der Waals surface area contributed by atoms with Gasteiger partial charge in [-0.1, -0.05) is 24.3 Å². The molecule has 0 bridgehead atoms. The maximum atomic E-state index is 12.0. The number of rotatable bonds is 4. The standard InChI is InChI=1S/C15H14N6O3S/c1-17-15(22)10-7-5-9(6-8-10)11-3-2-4-12(25(16,23)24)13(11)14-18-20-21-19-14/h2-8H,1H3,(H,17,22)(H2,16,23,24)(H,18,19,20,21). The average molecular weight is 358 g/mol. The zero-order valence-electron chi connectivity index (χ0n) is 13.1. The third kappa shape index (κ3) is 3.25. The highest BCUT2D eigenvalue weighted by Gasteiger charge is 2.22. The summed E-state index contributed by atoms with van der Waals surface area (Å²) in [5.41, 5.74) is 1.95. The minimum Gasteiger partial charge on any atom is -0.355 e. The number of carbonyl (C=O) groups excluding carboxylic acids is 1. The van der Waals surface area contributed by atoms with Gasteiger partial charge >= 0.3 is 0 Å². The third-order valence-electron chi connectivity index (χ3n) is 3.59. The molecular weight excluding hydrogens is 344 g/mol. The van der Waals surface area contributed by atoms with Crippen LogP contribution in [0.4, 0.5) is 0 Å². The van der Waals surface area contributed by atoms with E-state index in [0.717, 1.165) is 0 Å². The van der Waals surface area contributed by atoms with Gasteiger partial charge in [-0.05, 0) is 34.5 Å². The first kappa shape index (κ1) is 16.7. The van der Waals surface area contributed by atoms with Crippen LogP contribution in [0, 0.1) is 0 Å². The molecule has 1 amide bonds. The number of hydrogen-bond acceptors (Lipinski definition) is 6. The molecule has 1 heterocycles. The molecule has 0 spiro atoms. The quantitative estimate of drug-likeness (QED) is 0.621. The summed E-state index contributed by atoms with van der Waals surface area (Å²) in [6, 6.07) is 11.4. The van der Waals surface area contributed by atoms with Crippen molar-refractivity contribution in [1.29, 1.82) is 0 Å². The number of benzene rings is 2. The Kier molecular flexibility index (Phi) is 4.30. The lowest BCUT2D eigenvalue weighted by Gasteiger charge is -2.11. The van der Waals surface area contributed by atoms with E-state index in [0.29, 0.717) is 16.7 Å². The molecule has 0 fully saturated rings. The van der Waals surface area contributed by atoms with Crippen molar-refractivity contribution < 1.29 is 13.2 Å². The Hall–Kier alpha value is -3.11. The van der Waals surface area contributed by atoms with E-state index in [9.17, 15) is 13.2 Å². The molecule has 0 aliphatic rings. The van der Waals surface area contributed by atoms with Gasteiger partial charge in [-0.15, -0.1) is 10.2 Å². The first-order valence-corrected chi connectivity index (χ1v) is 8.68. The fourth-order valence-corrected chi connectivity index (χ4v) is 3.21. The lowest BCUT2D eigenvalue weighted by atomic mass is 9.98. The molecule has 3 aromatic rings. The highest BCUT2D eigenvalue weighted by Crippen LogP contribution is 2.34. The fourth-order valence-electron chi connectivity index (χ4n) is 2.45. The van der Waals surface area contributed by atoms with Gasteiger partial charge in [-0.25, -0.2) is 13.6 Å². The number of aromatic amines is 1. The van der Waals surface area contributed by atoms with Gasteiger partial charge in [-0.3, -0.25) is 4.79 Å². The molecule has 3 rings (SSSR count). The molecule has 0 radical (unpaired) electrons. The fraction of sp³-hybridized carbons (Fsp3) is 0.0667. The number of primary sulfonamides is 1. The topological polar surface area (TPSA) is 144 Å². The molecule has 2 aromatic carbocycles. The van der Waals surface area contributed by atoms with Crippen molar-refractivity contribution >= 4 is 15.9 Å². The van der Waals surface area contributed by atoms with E-state index in [1.165, 1.54) is 6.07 Å². The van der Waals surface area contributed by atoms with Gasteiger partial charge in [0.1, 0.15) is 0 Å². The lowest BCUT2D eigenvalue weighted by Crippen LogP contribution is -2.17. The van der Waals surface area contributed by atoms with Gasteiger partial charge < -0.3 is 5.32 Å². The van der Waals surface area contributed by atoms with E-state index in [4.69, 9.17) is 5.14 Å². The van der Waals surface area contributed by atoms with Crippen molar-refractivity contribution in [2.45, 2.75) is 4.90 Å². The molecule has 0 saturated carbocycles. The molecule has 25 heavy (non-hydrogen) atoms. The van der Waals surface area contributed by atoms with Crippen LogP contribution >= 0.6 is 0 Å². The molecule has 0 aliphatic carbocycles. The van der Waals surface area contributed by atoms with Crippen LogP contribution in [0.5, 0.6) is 0 Å². The normalized spacial score (nSPS) is 11.3. The minimum atomic E-state index is -4.00. The van der Waals surface area contributed by atoms with Gasteiger partial charge in [-0.2, -0.15) is 5.21 Å². The summed E-state index contributed by atoms with van der Waals surface area (Å²) in [5, 5.41) is 21.4. The second-order valence-corrected chi connectivity index (χ2v) is 6.65. The Morgan fingerprint density at radius 1 is 1.16 bits per heavy atom. The van der Waals surface area contributed by atoms with Crippen LogP contribution in [0.15, 0.2) is 47.4 Å². The Labute approximate surface area is 143 Å². The molecular formula is C15H14N6O3S. The average Bonchev–Trinajstić information content (AvgIpc) is 3.14. The molecule has 0 aliphatic heterocycles. The number of amides is 1. The highest BCUT2D eigenvalue weighted by atomic mass is 32.2. The van der Waals surface area contributed by atoms with E-state index in [-0.39, 0.29) is 22.2 Å². The summed E-state index contributed by atoms with van der Waals surface area (Å²) in [6.07, 6.45) is 0. The first-order valence-electron chi connectivity index (χ1n) is 7.14. The predicted octanol–water partition coefficient (Wildman–Crippen LogP) is 0.541. The maximum absolute atomic E-state index is 12.0. The summed E-state index contributed by atoms with van der Waals surface area (Å²) in [6.45, 7) is 0. The molecule has 1 aromatic heterocycles. The Bertz CT molecular complexity index is 1010. The van der Waals surface area contributed by atoms with Crippen LogP contribution in [0.25, 0.3) is 22.5 Å². The van der Waals surface area contributed by atoms with E-state index >= 15 is 0 Å². The molecule has 128 valence electrons. The number of hydrogen-bond donors (Lipinski definition) is 3. The summed E-state index contributed by atoms with van der Waals surface area (Å²) in [5.74, 6) is -0.113. The molecule has 0 saturated heterocycles. The van der Waals surface area contributed by atoms with Gasteiger partial charge in [0.25, 0.3) is 5.91 Å². The second kappa shape index (κ2) is 6.42. The summed E-state index contributed by atoms with van der Waals surface area (Å²) in [7, 11) is -2.46. The van der Waals surface area contributed by atoms with Crippen LogP contribution in [-0.2, 0) is 10.0 Å². The van der Waals surface area contributed by atoms with Crippen molar-refractivity contribution in [3.8, 4) is 22.5 Å². The number of aromatic nitrogens is 4. The van der Waals surface area contributed by atoms with Gasteiger partial charge in [0.2, 0.25) is 15.8 Å².